The molecule has 2 aromatic heterocycles. The number of carbonyl (C=O) groups excluding carboxylic acids is 1. The second kappa shape index (κ2) is 6.83. The topological polar surface area (TPSA) is 77.5 Å². The van der Waals surface area contributed by atoms with Crippen molar-refractivity contribution in [3.8, 4) is 17.3 Å². The van der Waals surface area contributed by atoms with Crippen LogP contribution < -0.4 is 10.1 Å². The average molecular weight is 312 g/mol. The van der Waals surface area contributed by atoms with E-state index >= 15 is 0 Å². The SMILES string of the molecule is CC(Oc1ccccc1)C(=O)NCc1cc(-c2ccco2)on1. The summed E-state index contributed by atoms with van der Waals surface area (Å²) in [6.07, 6.45) is 0.955. The first kappa shape index (κ1) is 14.9. The first-order valence-electron chi connectivity index (χ1n) is 7.21. The number of ether oxygens (including phenoxy) is 1. The number of hydrogen-bond acceptors (Lipinski definition) is 5. The Labute approximate surface area is 133 Å². The number of benzene rings is 1. The Morgan fingerprint density at radius 3 is 2.78 bits per heavy atom. The summed E-state index contributed by atoms with van der Waals surface area (Å²) in [5.74, 6) is 1.54. The van der Waals surface area contributed by atoms with E-state index < -0.39 is 6.10 Å². The molecule has 0 saturated heterocycles. The minimum atomic E-state index is -0.603. The maximum Gasteiger partial charge on any atom is 0.261 e. The van der Waals surface area contributed by atoms with Crippen molar-refractivity contribution in [3.63, 3.8) is 0 Å². The number of carbonyl (C=O) groups is 1. The first-order valence-corrected chi connectivity index (χ1v) is 7.21. The van der Waals surface area contributed by atoms with Crippen molar-refractivity contribution in [1.82, 2.24) is 10.5 Å². The largest absolute Gasteiger partial charge is 0.481 e. The molecule has 118 valence electrons. The number of amides is 1. The molecule has 1 amide bonds. The smallest absolute Gasteiger partial charge is 0.261 e. The van der Waals surface area contributed by atoms with Crippen LogP contribution in [0.25, 0.3) is 11.5 Å². The summed E-state index contributed by atoms with van der Waals surface area (Å²) in [5.41, 5.74) is 0.608. The molecule has 0 fully saturated rings. The van der Waals surface area contributed by atoms with Gasteiger partial charge in [-0.25, -0.2) is 0 Å². The molecule has 1 aromatic carbocycles. The predicted octanol–water partition coefficient (Wildman–Crippen LogP) is 3.02. The van der Waals surface area contributed by atoms with Crippen LogP contribution in [0.1, 0.15) is 12.6 Å². The van der Waals surface area contributed by atoms with Gasteiger partial charge in [-0.1, -0.05) is 23.4 Å². The highest BCUT2D eigenvalue weighted by Crippen LogP contribution is 2.20. The van der Waals surface area contributed by atoms with Crippen molar-refractivity contribution < 1.29 is 18.5 Å². The number of rotatable bonds is 6. The molecule has 3 aromatic rings. The zero-order chi connectivity index (χ0) is 16.1. The lowest BCUT2D eigenvalue weighted by Crippen LogP contribution is -2.35. The molecule has 0 aliphatic rings. The van der Waals surface area contributed by atoms with Crippen molar-refractivity contribution in [1.29, 1.82) is 0 Å². The Balaban J connectivity index is 1.52. The van der Waals surface area contributed by atoms with Crippen LogP contribution in [0.4, 0.5) is 0 Å². The lowest BCUT2D eigenvalue weighted by atomic mass is 10.3. The highest BCUT2D eigenvalue weighted by atomic mass is 16.5. The number of para-hydroxylation sites is 1. The molecule has 0 spiro atoms. The highest BCUT2D eigenvalue weighted by Gasteiger charge is 2.15. The van der Waals surface area contributed by atoms with Gasteiger partial charge in [-0.2, -0.15) is 0 Å². The van der Waals surface area contributed by atoms with E-state index in [1.165, 1.54) is 0 Å². The summed E-state index contributed by atoms with van der Waals surface area (Å²) in [6.45, 7) is 1.95. The maximum absolute atomic E-state index is 12.0. The summed E-state index contributed by atoms with van der Waals surface area (Å²) in [7, 11) is 0. The average Bonchev–Trinajstić information content (AvgIpc) is 3.24. The zero-order valence-electron chi connectivity index (χ0n) is 12.6. The molecular formula is C17H16N2O4. The quantitative estimate of drug-likeness (QED) is 0.757. The van der Waals surface area contributed by atoms with E-state index in [1.54, 1.807) is 43.5 Å². The Morgan fingerprint density at radius 1 is 1.22 bits per heavy atom. The zero-order valence-corrected chi connectivity index (χ0v) is 12.6. The lowest BCUT2D eigenvalue weighted by molar-refractivity contribution is -0.127. The van der Waals surface area contributed by atoms with Crippen LogP contribution in [0.3, 0.4) is 0 Å². The van der Waals surface area contributed by atoms with Gasteiger partial charge in [0.05, 0.1) is 12.8 Å². The standard InChI is InChI=1S/C17H16N2O4/c1-12(22-14-6-3-2-4-7-14)17(20)18-11-13-10-16(23-19-13)15-8-5-9-21-15/h2-10,12H,11H2,1H3,(H,18,20). The van der Waals surface area contributed by atoms with E-state index in [2.05, 4.69) is 10.5 Å². The molecule has 1 unspecified atom stereocenters. The maximum atomic E-state index is 12.0. The molecule has 0 aliphatic heterocycles. The van der Waals surface area contributed by atoms with Gasteiger partial charge in [0.1, 0.15) is 11.4 Å². The van der Waals surface area contributed by atoms with Gasteiger partial charge in [-0.3, -0.25) is 4.79 Å². The fourth-order valence-corrected chi connectivity index (χ4v) is 2.01. The van der Waals surface area contributed by atoms with Crippen molar-refractivity contribution in [2.45, 2.75) is 19.6 Å². The molecule has 0 aliphatic carbocycles. The second-order valence-electron chi connectivity index (χ2n) is 4.95. The van der Waals surface area contributed by atoms with Crippen LogP contribution in [0.15, 0.2) is 63.7 Å². The van der Waals surface area contributed by atoms with Gasteiger partial charge in [0.25, 0.3) is 5.91 Å². The van der Waals surface area contributed by atoms with E-state index in [4.69, 9.17) is 13.7 Å². The number of hydrogen-bond donors (Lipinski definition) is 1. The van der Waals surface area contributed by atoms with Gasteiger partial charge in [-0.15, -0.1) is 0 Å². The fraction of sp³-hybridized carbons (Fsp3) is 0.176. The molecule has 3 rings (SSSR count). The Hall–Kier alpha value is -3.02. The third-order valence-electron chi connectivity index (χ3n) is 3.19. The predicted molar refractivity (Wildman–Crippen MR) is 82.6 cm³/mol. The van der Waals surface area contributed by atoms with E-state index in [9.17, 15) is 4.79 Å². The van der Waals surface area contributed by atoms with Gasteiger partial charge in [-0.05, 0) is 31.2 Å². The monoisotopic (exact) mass is 312 g/mol. The van der Waals surface area contributed by atoms with Crippen LogP contribution in [0.5, 0.6) is 5.75 Å². The van der Waals surface area contributed by atoms with Crippen molar-refractivity contribution in [3.05, 3.63) is 60.5 Å². The van der Waals surface area contributed by atoms with Crippen LogP contribution in [-0.4, -0.2) is 17.2 Å². The van der Waals surface area contributed by atoms with E-state index in [-0.39, 0.29) is 12.5 Å². The number of aromatic nitrogens is 1. The normalized spacial score (nSPS) is 11.9. The minimum Gasteiger partial charge on any atom is -0.481 e. The summed E-state index contributed by atoms with van der Waals surface area (Å²) in [6, 6.07) is 14.5. The number of furan rings is 1. The minimum absolute atomic E-state index is 0.226. The highest BCUT2D eigenvalue weighted by molar-refractivity contribution is 5.80. The van der Waals surface area contributed by atoms with Crippen LogP contribution in [0, 0.1) is 0 Å². The second-order valence-corrected chi connectivity index (χ2v) is 4.95. The molecule has 1 atom stereocenters. The van der Waals surface area contributed by atoms with E-state index in [0.29, 0.717) is 23.0 Å². The third-order valence-corrected chi connectivity index (χ3v) is 3.19. The van der Waals surface area contributed by atoms with Gasteiger partial charge < -0.3 is 19.0 Å². The van der Waals surface area contributed by atoms with Crippen molar-refractivity contribution in [2.75, 3.05) is 0 Å². The molecule has 0 saturated carbocycles. The molecule has 0 radical (unpaired) electrons. The lowest BCUT2D eigenvalue weighted by Gasteiger charge is -2.13. The van der Waals surface area contributed by atoms with Gasteiger partial charge >= 0.3 is 0 Å². The Morgan fingerprint density at radius 2 is 2.04 bits per heavy atom. The van der Waals surface area contributed by atoms with Crippen LogP contribution >= 0.6 is 0 Å². The van der Waals surface area contributed by atoms with Gasteiger partial charge in [0, 0.05) is 6.07 Å². The molecule has 0 bridgehead atoms. The van der Waals surface area contributed by atoms with Gasteiger partial charge in [0.2, 0.25) is 5.76 Å². The van der Waals surface area contributed by atoms with Crippen LogP contribution in [-0.2, 0) is 11.3 Å². The molecule has 23 heavy (non-hydrogen) atoms. The molecule has 2 heterocycles. The third kappa shape index (κ3) is 3.79. The molecule has 6 nitrogen and oxygen atoms in total. The summed E-state index contributed by atoms with van der Waals surface area (Å²) >= 11 is 0. The first-order chi connectivity index (χ1) is 11.2. The molecule has 6 heteroatoms. The van der Waals surface area contributed by atoms with E-state index in [0.717, 1.165) is 0 Å². The summed E-state index contributed by atoms with van der Waals surface area (Å²) < 4.78 is 16.0. The van der Waals surface area contributed by atoms with Gasteiger partial charge in [0.15, 0.2) is 11.9 Å². The van der Waals surface area contributed by atoms with Crippen molar-refractivity contribution >= 4 is 5.91 Å². The summed E-state index contributed by atoms with van der Waals surface area (Å²) in [5, 5.41) is 6.66. The number of nitrogens with zero attached hydrogens (tertiary/aromatic N) is 1. The Kier molecular flexibility index (Phi) is 4.42. The van der Waals surface area contributed by atoms with E-state index in [1.807, 2.05) is 18.2 Å². The van der Waals surface area contributed by atoms with Crippen LogP contribution in [0.2, 0.25) is 0 Å². The van der Waals surface area contributed by atoms with Crippen molar-refractivity contribution in [2.24, 2.45) is 0 Å². The molecular weight excluding hydrogens is 296 g/mol. The molecule has 1 N–H and O–H groups in total. The Bertz CT molecular complexity index is 750. The fourth-order valence-electron chi connectivity index (χ4n) is 2.01. The summed E-state index contributed by atoms with van der Waals surface area (Å²) in [4.78, 5) is 12.0. The number of nitrogens with one attached hydrogen (secondary N) is 1.